The van der Waals surface area contributed by atoms with Crippen molar-refractivity contribution in [2.45, 2.75) is 6.54 Å². The minimum absolute atomic E-state index is 0.212. The Morgan fingerprint density at radius 3 is 2.94 bits per heavy atom. The number of nitrogens with zero attached hydrogens (tertiary/aromatic N) is 2. The molecule has 0 fully saturated rings. The van der Waals surface area contributed by atoms with Crippen LogP contribution in [-0.4, -0.2) is 23.4 Å². The Morgan fingerprint density at radius 1 is 1.38 bits per heavy atom. The molecule has 0 aliphatic carbocycles. The number of nitrogens with one attached hydrogen (secondary N) is 1. The highest BCUT2D eigenvalue weighted by Crippen LogP contribution is 2.21. The van der Waals surface area contributed by atoms with Crippen LogP contribution in [0.1, 0.15) is 0 Å². The molecule has 0 bridgehead atoms. The molecule has 0 unspecified atom stereocenters. The minimum Gasteiger partial charge on any atom is -0.318 e. The van der Waals surface area contributed by atoms with Gasteiger partial charge in [-0.15, -0.1) is 0 Å². The van der Waals surface area contributed by atoms with Crippen LogP contribution >= 0.6 is 0 Å². The Morgan fingerprint density at radius 2 is 2.19 bits per heavy atom. The van der Waals surface area contributed by atoms with Crippen LogP contribution in [0.25, 0.3) is 11.1 Å². The van der Waals surface area contributed by atoms with Crippen molar-refractivity contribution in [2.75, 3.05) is 13.6 Å². The predicted octanol–water partition coefficient (Wildman–Crippen LogP) is 1.91. The third kappa shape index (κ3) is 2.28. The Kier molecular flexibility index (Phi) is 3.31. The molecular weight excluding hydrogens is 205 g/mol. The van der Waals surface area contributed by atoms with Crippen molar-refractivity contribution >= 4 is 0 Å². The number of likely N-dealkylation sites (N-methyl/N-ethyl adjacent to an activating group) is 1. The van der Waals surface area contributed by atoms with Gasteiger partial charge < -0.3 is 5.32 Å². The first-order chi connectivity index (χ1) is 7.81. The zero-order valence-corrected chi connectivity index (χ0v) is 9.15. The SMILES string of the molecule is CNCCn1cc(-c2ccccc2F)cn1. The van der Waals surface area contributed by atoms with Crippen molar-refractivity contribution in [3.8, 4) is 11.1 Å². The summed E-state index contributed by atoms with van der Waals surface area (Å²) in [7, 11) is 1.89. The molecule has 16 heavy (non-hydrogen) atoms. The Labute approximate surface area is 93.9 Å². The zero-order chi connectivity index (χ0) is 11.4. The topological polar surface area (TPSA) is 29.9 Å². The average molecular weight is 219 g/mol. The summed E-state index contributed by atoms with van der Waals surface area (Å²) in [6.07, 6.45) is 3.55. The molecule has 0 amide bonds. The number of rotatable bonds is 4. The summed E-state index contributed by atoms with van der Waals surface area (Å²) in [5.74, 6) is -0.212. The molecule has 2 aromatic rings. The molecular formula is C12H14FN3. The Hall–Kier alpha value is -1.68. The van der Waals surface area contributed by atoms with Crippen molar-refractivity contribution in [3.05, 3.63) is 42.5 Å². The molecule has 1 N–H and O–H groups in total. The lowest BCUT2D eigenvalue weighted by molar-refractivity contribution is 0.585. The summed E-state index contributed by atoms with van der Waals surface area (Å²) >= 11 is 0. The summed E-state index contributed by atoms with van der Waals surface area (Å²) in [6, 6.07) is 6.72. The molecule has 1 aromatic carbocycles. The summed E-state index contributed by atoms with van der Waals surface area (Å²) in [4.78, 5) is 0. The van der Waals surface area contributed by atoms with Gasteiger partial charge in [0.05, 0.1) is 12.7 Å². The second kappa shape index (κ2) is 4.90. The van der Waals surface area contributed by atoms with Gasteiger partial charge in [-0.2, -0.15) is 5.10 Å². The van der Waals surface area contributed by atoms with Crippen molar-refractivity contribution in [2.24, 2.45) is 0 Å². The predicted molar refractivity (Wildman–Crippen MR) is 61.5 cm³/mol. The minimum atomic E-state index is -0.212. The second-order valence-corrected chi connectivity index (χ2v) is 3.58. The highest BCUT2D eigenvalue weighted by molar-refractivity contribution is 5.62. The maximum atomic E-state index is 13.5. The van der Waals surface area contributed by atoms with E-state index in [4.69, 9.17) is 0 Å². The third-order valence-electron chi connectivity index (χ3n) is 2.41. The lowest BCUT2D eigenvalue weighted by atomic mass is 10.1. The molecule has 0 saturated heterocycles. The highest BCUT2D eigenvalue weighted by Gasteiger charge is 2.05. The van der Waals surface area contributed by atoms with E-state index in [0.29, 0.717) is 5.56 Å². The van der Waals surface area contributed by atoms with Gasteiger partial charge >= 0.3 is 0 Å². The van der Waals surface area contributed by atoms with Crippen LogP contribution in [0.3, 0.4) is 0 Å². The molecule has 0 spiro atoms. The van der Waals surface area contributed by atoms with E-state index in [9.17, 15) is 4.39 Å². The van der Waals surface area contributed by atoms with Crippen molar-refractivity contribution < 1.29 is 4.39 Å². The maximum Gasteiger partial charge on any atom is 0.131 e. The van der Waals surface area contributed by atoms with Gasteiger partial charge in [-0.3, -0.25) is 4.68 Å². The molecule has 3 nitrogen and oxygen atoms in total. The van der Waals surface area contributed by atoms with Gasteiger partial charge in [-0.25, -0.2) is 4.39 Å². The van der Waals surface area contributed by atoms with E-state index in [1.807, 2.05) is 19.3 Å². The molecule has 0 aliphatic rings. The first-order valence-electron chi connectivity index (χ1n) is 5.23. The van der Waals surface area contributed by atoms with Crippen LogP contribution < -0.4 is 5.32 Å². The van der Waals surface area contributed by atoms with E-state index in [1.165, 1.54) is 6.07 Å². The molecule has 1 aromatic heterocycles. The Bertz CT molecular complexity index is 465. The first-order valence-corrected chi connectivity index (χ1v) is 5.23. The fraction of sp³-hybridized carbons (Fsp3) is 0.250. The molecule has 1 heterocycles. The van der Waals surface area contributed by atoms with Gasteiger partial charge in [0.1, 0.15) is 5.82 Å². The number of benzene rings is 1. The average Bonchev–Trinajstić information content (AvgIpc) is 2.75. The van der Waals surface area contributed by atoms with E-state index in [2.05, 4.69) is 10.4 Å². The van der Waals surface area contributed by atoms with Gasteiger partial charge in [-0.05, 0) is 13.1 Å². The zero-order valence-electron chi connectivity index (χ0n) is 9.15. The van der Waals surface area contributed by atoms with Gasteiger partial charge in [0.2, 0.25) is 0 Å². The van der Waals surface area contributed by atoms with Crippen molar-refractivity contribution in [1.29, 1.82) is 0 Å². The number of halogens is 1. The second-order valence-electron chi connectivity index (χ2n) is 3.58. The van der Waals surface area contributed by atoms with E-state index >= 15 is 0 Å². The van der Waals surface area contributed by atoms with Crippen LogP contribution in [-0.2, 0) is 6.54 Å². The molecule has 0 radical (unpaired) electrons. The normalized spacial score (nSPS) is 10.6. The number of aromatic nitrogens is 2. The highest BCUT2D eigenvalue weighted by atomic mass is 19.1. The summed E-state index contributed by atoms with van der Waals surface area (Å²) < 4.78 is 15.3. The van der Waals surface area contributed by atoms with Crippen LogP contribution in [0.5, 0.6) is 0 Å². The van der Waals surface area contributed by atoms with Crippen LogP contribution in [0, 0.1) is 5.82 Å². The van der Waals surface area contributed by atoms with E-state index in [0.717, 1.165) is 18.7 Å². The Balaban J connectivity index is 2.22. The van der Waals surface area contributed by atoms with Crippen LogP contribution in [0.4, 0.5) is 4.39 Å². The fourth-order valence-corrected chi connectivity index (χ4v) is 1.55. The molecule has 0 saturated carbocycles. The summed E-state index contributed by atoms with van der Waals surface area (Å²) in [6.45, 7) is 1.63. The molecule has 0 atom stereocenters. The van der Waals surface area contributed by atoms with E-state index in [-0.39, 0.29) is 5.82 Å². The molecule has 2 rings (SSSR count). The first kappa shape index (κ1) is 10.8. The smallest absolute Gasteiger partial charge is 0.131 e. The third-order valence-corrected chi connectivity index (χ3v) is 2.41. The van der Waals surface area contributed by atoms with Crippen molar-refractivity contribution in [1.82, 2.24) is 15.1 Å². The molecule has 4 heteroatoms. The standard InChI is InChI=1S/C12H14FN3/c1-14-6-7-16-9-10(8-15-16)11-4-2-3-5-12(11)13/h2-5,8-9,14H,6-7H2,1H3. The quantitative estimate of drug-likeness (QED) is 0.851. The number of hydrogen-bond acceptors (Lipinski definition) is 2. The van der Waals surface area contributed by atoms with Crippen LogP contribution in [0.15, 0.2) is 36.7 Å². The fourth-order valence-electron chi connectivity index (χ4n) is 1.55. The summed E-state index contributed by atoms with van der Waals surface area (Å²) in [5.41, 5.74) is 1.41. The molecule has 84 valence electrons. The van der Waals surface area contributed by atoms with Gasteiger partial charge in [0.25, 0.3) is 0 Å². The van der Waals surface area contributed by atoms with E-state index in [1.54, 1.807) is 23.0 Å². The lowest BCUT2D eigenvalue weighted by Crippen LogP contribution is -2.14. The molecule has 0 aliphatic heterocycles. The van der Waals surface area contributed by atoms with Crippen molar-refractivity contribution in [3.63, 3.8) is 0 Å². The number of hydrogen-bond donors (Lipinski definition) is 1. The van der Waals surface area contributed by atoms with Gasteiger partial charge in [0, 0.05) is 23.9 Å². The van der Waals surface area contributed by atoms with Crippen LogP contribution in [0.2, 0.25) is 0 Å². The largest absolute Gasteiger partial charge is 0.318 e. The lowest BCUT2D eigenvalue weighted by Gasteiger charge is -2.00. The van der Waals surface area contributed by atoms with E-state index < -0.39 is 0 Å². The maximum absolute atomic E-state index is 13.5. The van der Waals surface area contributed by atoms with Gasteiger partial charge in [-0.1, -0.05) is 18.2 Å². The monoisotopic (exact) mass is 219 g/mol. The van der Waals surface area contributed by atoms with Gasteiger partial charge in [0.15, 0.2) is 0 Å². The summed E-state index contributed by atoms with van der Waals surface area (Å²) in [5, 5.41) is 7.22.